The Kier molecular flexibility index (Phi) is 6.90. The van der Waals surface area contributed by atoms with Gasteiger partial charge in [-0.2, -0.15) is 0 Å². The summed E-state index contributed by atoms with van der Waals surface area (Å²) in [4.78, 5) is 14.0. The van der Waals surface area contributed by atoms with Crippen LogP contribution in [-0.4, -0.2) is 30.4 Å². The van der Waals surface area contributed by atoms with Crippen LogP contribution in [0.2, 0.25) is 0 Å². The number of hydrogen-bond donors (Lipinski definition) is 1. The highest BCUT2D eigenvalue weighted by molar-refractivity contribution is 5.78. The van der Waals surface area contributed by atoms with E-state index in [1.165, 1.54) is 5.56 Å². The molecule has 0 heterocycles. The van der Waals surface area contributed by atoms with E-state index in [4.69, 9.17) is 0 Å². The molecule has 0 bridgehead atoms. The van der Waals surface area contributed by atoms with Gasteiger partial charge in [-0.25, -0.2) is 0 Å². The van der Waals surface area contributed by atoms with Crippen molar-refractivity contribution in [3.05, 3.63) is 35.9 Å². The highest BCUT2D eigenvalue weighted by Crippen LogP contribution is 2.29. The lowest BCUT2D eigenvalue weighted by Gasteiger charge is -2.28. The Labute approximate surface area is 129 Å². The number of carbonyl (C=O) groups is 1. The van der Waals surface area contributed by atoms with Crippen molar-refractivity contribution in [2.24, 2.45) is 5.41 Å². The van der Waals surface area contributed by atoms with Gasteiger partial charge in [0.15, 0.2) is 0 Å². The summed E-state index contributed by atoms with van der Waals surface area (Å²) >= 11 is 0. The quantitative estimate of drug-likeness (QED) is 0.832. The fourth-order valence-corrected chi connectivity index (χ4v) is 2.50. The second kappa shape index (κ2) is 8.18. The number of benzene rings is 1. The van der Waals surface area contributed by atoms with Gasteiger partial charge < -0.3 is 10.2 Å². The van der Waals surface area contributed by atoms with Crippen molar-refractivity contribution < 1.29 is 4.79 Å². The lowest BCUT2D eigenvalue weighted by Crippen LogP contribution is -2.39. The van der Waals surface area contributed by atoms with Crippen LogP contribution in [-0.2, 0) is 4.79 Å². The number of rotatable bonds is 7. The van der Waals surface area contributed by atoms with Crippen molar-refractivity contribution in [1.82, 2.24) is 10.2 Å². The van der Waals surface area contributed by atoms with E-state index in [0.29, 0.717) is 6.54 Å². The second-order valence-corrected chi connectivity index (χ2v) is 6.67. The molecule has 0 spiro atoms. The molecule has 0 aromatic heterocycles. The average Bonchev–Trinajstić information content (AvgIpc) is 2.44. The lowest BCUT2D eigenvalue weighted by atomic mass is 9.85. The number of hydrogen-bond acceptors (Lipinski definition) is 2. The maximum Gasteiger partial charge on any atom is 0.236 e. The Balaban J connectivity index is 2.73. The highest BCUT2D eigenvalue weighted by atomic mass is 16.2. The molecule has 0 aliphatic carbocycles. The van der Waals surface area contributed by atoms with Crippen LogP contribution in [0.3, 0.4) is 0 Å². The van der Waals surface area contributed by atoms with Gasteiger partial charge in [0.2, 0.25) is 5.91 Å². The SMILES string of the molecule is CCN(CC)C(=O)CNC(CC(C)(C)C)c1ccccc1. The summed E-state index contributed by atoms with van der Waals surface area (Å²) in [6, 6.07) is 10.6. The minimum absolute atomic E-state index is 0.176. The van der Waals surface area contributed by atoms with E-state index in [-0.39, 0.29) is 17.4 Å². The first kappa shape index (κ1) is 17.7. The average molecular weight is 290 g/mol. The molecule has 0 aliphatic rings. The van der Waals surface area contributed by atoms with Crippen LogP contribution in [0.15, 0.2) is 30.3 Å². The minimum Gasteiger partial charge on any atom is -0.342 e. The Bertz CT molecular complexity index is 419. The van der Waals surface area contributed by atoms with E-state index in [2.05, 4.69) is 50.4 Å². The van der Waals surface area contributed by atoms with Crippen molar-refractivity contribution >= 4 is 5.91 Å². The van der Waals surface area contributed by atoms with E-state index < -0.39 is 0 Å². The van der Waals surface area contributed by atoms with Crippen molar-refractivity contribution in [2.75, 3.05) is 19.6 Å². The fraction of sp³-hybridized carbons (Fsp3) is 0.611. The van der Waals surface area contributed by atoms with Gasteiger partial charge >= 0.3 is 0 Å². The number of likely N-dealkylation sites (N-methyl/N-ethyl adjacent to an activating group) is 1. The van der Waals surface area contributed by atoms with E-state index in [0.717, 1.165) is 19.5 Å². The molecule has 0 saturated carbocycles. The molecule has 1 amide bonds. The molecule has 118 valence electrons. The molecule has 1 atom stereocenters. The Hall–Kier alpha value is -1.35. The van der Waals surface area contributed by atoms with Crippen LogP contribution in [0.4, 0.5) is 0 Å². The van der Waals surface area contributed by atoms with Gasteiger partial charge in [0.05, 0.1) is 6.54 Å². The van der Waals surface area contributed by atoms with Crippen molar-refractivity contribution in [2.45, 2.75) is 47.1 Å². The summed E-state index contributed by atoms with van der Waals surface area (Å²) in [5, 5.41) is 3.45. The first-order valence-electron chi connectivity index (χ1n) is 7.93. The summed E-state index contributed by atoms with van der Waals surface area (Å²) in [6.07, 6.45) is 1.00. The zero-order chi connectivity index (χ0) is 15.9. The minimum atomic E-state index is 0.176. The topological polar surface area (TPSA) is 32.3 Å². The Morgan fingerprint density at radius 2 is 1.71 bits per heavy atom. The molecule has 3 heteroatoms. The zero-order valence-electron chi connectivity index (χ0n) is 14.1. The molecular weight excluding hydrogens is 260 g/mol. The summed E-state index contributed by atoms with van der Waals surface area (Å²) in [7, 11) is 0. The number of nitrogens with one attached hydrogen (secondary N) is 1. The molecular formula is C18H30N2O. The van der Waals surface area contributed by atoms with Gasteiger partial charge in [-0.15, -0.1) is 0 Å². The van der Waals surface area contributed by atoms with Gasteiger partial charge in [-0.3, -0.25) is 4.79 Å². The summed E-state index contributed by atoms with van der Waals surface area (Å²) < 4.78 is 0. The van der Waals surface area contributed by atoms with Gasteiger partial charge in [0, 0.05) is 19.1 Å². The maximum atomic E-state index is 12.2. The van der Waals surface area contributed by atoms with Gasteiger partial charge in [0.1, 0.15) is 0 Å². The number of carbonyl (C=O) groups excluding carboxylic acids is 1. The molecule has 0 saturated heterocycles. The van der Waals surface area contributed by atoms with Crippen LogP contribution < -0.4 is 5.32 Å². The summed E-state index contributed by atoms with van der Waals surface area (Å²) in [5.74, 6) is 0.176. The highest BCUT2D eigenvalue weighted by Gasteiger charge is 2.21. The molecule has 0 fully saturated rings. The molecule has 0 radical (unpaired) electrons. The normalized spacial score (nSPS) is 13.0. The van der Waals surface area contributed by atoms with Crippen molar-refractivity contribution in [3.8, 4) is 0 Å². The van der Waals surface area contributed by atoms with E-state index in [1.807, 2.05) is 24.8 Å². The Morgan fingerprint density at radius 3 is 2.19 bits per heavy atom. The first-order valence-corrected chi connectivity index (χ1v) is 7.93. The first-order chi connectivity index (χ1) is 9.87. The molecule has 1 aromatic carbocycles. The molecule has 0 aliphatic heterocycles. The standard InChI is InChI=1S/C18H30N2O/c1-6-20(7-2)17(21)14-19-16(13-18(3,4)5)15-11-9-8-10-12-15/h8-12,16,19H,6-7,13-14H2,1-5H3. The van der Waals surface area contributed by atoms with Gasteiger partial charge in [-0.1, -0.05) is 51.1 Å². The van der Waals surface area contributed by atoms with Crippen LogP contribution >= 0.6 is 0 Å². The smallest absolute Gasteiger partial charge is 0.236 e. The monoisotopic (exact) mass is 290 g/mol. The van der Waals surface area contributed by atoms with E-state index >= 15 is 0 Å². The third-order valence-corrected chi connectivity index (χ3v) is 3.63. The van der Waals surface area contributed by atoms with Gasteiger partial charge in [-0.05, 0) is 31.2 Å². The summed E-state index contributed by atoms with van der Waals surface area (Å²) in [6.45, 7) is 12.7. The molecule has 3 nitrogen and oxygen atoms in total. The third kappa shape index (κ3) is 6.30. The Morgan fingerprint density at radius 1 is 1.14 bits per heavy atom. The zero-order valence-corrected chi connectivity index (χ0v) is 14.1. The predicted octanol–water partition coefficient (Wildman–Crippen LogP) is 3.62. The molecule has 1 N–H and O–H groups in total. The molecule has 1 aromatic rings. The van der Waals surface area contributed by atoms with Crippen LogP contribution in [0.25, 0.3) is 0 Å². The largest absolute Gasteiger partial charge is 0.342 e. The maximum absolute atomic E-state index is 12.2. The van der Waals surface area contributed by atoms with Crippen molar-refractivity contribution in [3.63, 3.8) is 0 Å². The van der Waals surface area contributed by atoms with Crippen LogP contribution in [0.5, 0.6) is 0 Å². The van der Waals surface area contributed by atoms with E-state index in [9.17, 15) is 4.79 Å². The lowest BCUT2D eigenvalue weighted by molar-refractivity contribution is -0.130. The fourth-order valence-electron chi connectivity index (χ4n) is 2.50. The van der Waals surface area contributed by atoms with Crippen LogP contribution in [0.1, 0.15) is 52.6 Å². The molecule has 1 unspecified atom stereocenters. The summed E-state index contributed by atoms with van der Waals surface area (Å²) in [5.41, 5.74) is 1.46. The van der Waals surface area contributed by atoms with E-state index in [1.54, 1.807) is 0 Å². The number of nitrogens with zero attached hydrogens (tertiary/aromatic N) is 1. The predicted molar refractivity (Wildman–Crippen MR) is 89.2 cm³/mol. The third-order valence-electron chi connectivity index (χ3n) is 3.63. The van der Waals surface area contributed by atoms with Crippen molar-refractivity contribution in [1.29, 1.82) is 0 Å². The molecule has 1 rings (SSSR count). The van der Waals surface area contributed by atoms with Gasteiger partial charge in [0.25, 0.3) is 0 Å². The second-order valence-electron chi connectivity index (χ2n) is 6.67. The number of amides is 1. The molecule has 21 heavy (non-hydrogen) atoms. The van der Waals surface area contributed by atoms with Crippen LogP contribution in [0, 0.1) is 5.41 Å².